The molecule has 0 bridgehead atoms. The minimum Gasteiger partial charge on any atom is -0.324 e. The molecule has 1 atom stereocenters. The maximum absolute atomic E-state index is 14.0. The van der Waals surface area contributed by atoms with Crippen molar-refractivity contribution < 1.29 is 8.78 Å². The van der Waals surface area contributed by atoms with Crippen LogP contribution in [0.3, 0.4) is 0 Å². The molecule has 0 spiro atoms. The lowest BCUT2D eigenvalue weighted by Gasteiger charge is -2.17. The highest BCUT2D eigenvalue weighted by Gasteiger charge is 2.17. The van der Waals surface area contributed by atoms with Crippen LogP contribution in [0.5, 0.6) is 0 Å². The molecule has 1 unspecified atom stereocenters. The van der Waals surface area contributed by atoms with E-state index in [4.69, 9.17) is 5.73 Å². The number of aryl methyl sites for hydroxylation is 2. The zero-order valence-electron chi connectivity index (χ0n) is 11.4. The molecule has 0 saturated carbocycles. The SMILES string of the molecule is Cc1ccc(C)c(C(N)Cc2c(F)ccc(Br)c2F)c1. The van der Waals surface area contributed by atoms with Gasteiger partial charge in [0, 0.05) is 11.6 Å². The Morgan fingerprint density at radius 1 is 1.15 bits per heavy atom. The van der Waals surface area contributed by atoms with Crippen LogP contribution in [0.15, 0.2) is 34.8 Å². The first-order chi connectivity index (χ1) is 9.40. The van der Waals surface area contributed by atoms with Crippen LogP contribution >= 0.6 is 15.9 Å². The van der Waals surface area contributed by atoms with Crippen LogP contribution in [-0.4, -0.2) is 0 Å². The molecule has 2 aromatic rings. The second kappa shape index (κ2) is 6.02. The summed E-state index contributed by atoms with van der Waals surface area (Å²) in [6.45, 7) is 3.91. The molecule has 20 heavy (non-hydrogen) atoms. The summed E-state index contributed by atoms with van der Waals surface area (Å²) >= 11 is 3.07. The van der Waals surface area contributed by atoms with Crippen LogP contribution < -0.4 is 5.73 Å². The van der Waals surface area contributed by atoms with Gasteiger partial charge in [0.15, 0.2) is 0 Å². The van der Waals surface area contributed by atoms with Gasteiger partial charge in [-0.1, -0.05) is 23.8 Å². The summed E-state index contributed by atoms with van der Waals surface area (Å²) in [6.07, 6.45) is 0.126. The van der Waals surface area contributed by atoms with Crippen molar-refractivity contribution in [2.75, 3.05) is 0 Å². The number of hydrogen-bond donors (Lipinski definition) is 1. The molecule has 0 fully saturated rings. The van der Waals surface area contributed by atoms with Gasteiger partial charge in [-0.25, -0.2) is 8.78 Å². The van der Waals surface area contributed by atoms with Crippen LogP contribution in [0.1, 0.15) is 28.3 Å². The Kier molecular flexibility index (Phi) is 4.55. The minimum absolute atomic E-state index is 0.0211. The zero-order valence-corrected chi connectivity index (χ0v) is 13.0. The van der Waals surface area contributed by atoms with Crippen LogP contribution in [0.2, 0.25) is 0 Å². The van der Waals surface area contributed by atoms with Gasteiger partial charge in [-0.2, -0.15) is 0 Å². The van der Waals surface area contributed by atoms with Crippen molar-refractivity contribution in [1.29, 1.82) is 0 Å². The van der Waals surface area contributed by atoms with Gasteiger partial charge in [0.05, 0.1) is 4.47 Å². The second-order valence-corrected chi connectivity index (χ2v) is 5.85. The number of halogens is 3. The predicted molar refractivity (Wildman–Crippen MR) is 80.6 cm³/mol. The Hall–Kier alpha value is -1.26. The van der Waals surface area contributed by atoms with E-state index >= 15 is 0 Å². The lowest BCUT2D eigenvalue weighted by Crippen LogP contribution is -2.16. The van der Waals surface area contributed by atoms with E-state index in [0.29, 0.717) is 0 Å². The summed E-state index contributed by atoms with van der Waals surface area (Å²) in [7, 11) is 0. The van der Waals surface area contributed by atoms with Gasteiger partial charge in [0.2, 0.25) is 0 Å². The Labute approximate surface area is 125 Å². The number of benzene rings is 2. The van der Waals surface area contributed by atoms with Crippen LogP contribution in [-0.2, 0) is 6.42 Å². The van der Waals surface area contributed by atoms with E-state index in [9.17, 15) is 8.78 Å². The molecule has 1 nitrogen and oxygen atoms in total. The van der Waals surface area contributed by atoms with Crippen molar-refractivity contribution in [2.24, 2.45) is 5.73 Å². The van der Waals surface area contributed by atoms with Gasteiger partial charge in [0.1, 0.15) is 11.6 Å². The highest BCUT2D eigenvalue weighted by molar-refractivity contribution is 9.10. The maximum Gasteiger partial charge on any atom is 0.143 e. The van der Waals surface area contributed by atoms with Crippen molar-refractivity contribution in [2.45, 2.75) is 26.3 Å². The van der Waals surface area contributed by atoms with Crippen molar-refractivity contribution >= 4 is 15.9 Å². The molecule has 2 N–H and O–H groups in total. The fourth-order valence-electron chi connectivity index (χ4n) is 2.25. The minimum atomic E-state index is -0.578. The second-order valence-electron chi connectivity index (χ2n) is 4.99. The number of rotatable bonds is 3. The third-order valence-corrected chi connectivity index (χ3v) is 4.01. The molecule has 4 heteroatoms. The van der Waals surface area contributed by atoms with Crippen molar-refractivity contribution in [1.82, 2.24) is 0 Å². The average Bonchev–Trinajstić information content (AvgIpc) is 2.41. The Balaban J connectivity index is 2.35. The molecule has 0 aliphatic rings. The molecule has 2 aromatic carbocycles. The largest absolute Gasteiger partial charge is 0.324 e. The lowest BCUT2D eigenvalue weighted by molar-refractivity contribution is 0.535. The van der Waals surface area contributed by atoms with Gasteiger partial charge in [0.25, 0.3) is 0 Å². The Bertz CT molecular complexity index is 641. The van der Waals surface area contributed by atoms with E-state index < -0.39 is 17.7 Å². The molecule has 0 aliphatic heterocycles. The fourth-order valence-corrected chi connectivity index (χ4v) is 2.62. The third kappa shape index (κ3) is 3.07. The summed E-state index contributed by atoms with van der Waals surface area (Å²) in [5, 5.41) is 0. The molecule has 0 saturated heterocycles. The highest BCUT2D eigenvalue weighted by atomic mass is 79.9. The summed E-state index contributed by atoms with van der Waals surface area (Å²) in [6, 6.07) is 8.10. The van der Waals surface area contributed by atoms with E-state index in [1.54, 1.807) is 0 Å². The summed E-state index contributed by atoms with van der Waals surface area (Å²) in [4.78, 5) is 0. The molecule has 0 aliphatic carbocycles. The van der Waals surface area contributed by atoms with Crippen molar-refractivity contribution in [3.8, 4) is 0 Å². The molecule has 0 heterocycles. The summed E-state index contributed by atoms with van der Waals surface area (Å²) < 4.78 is 28.0. The Morgan fingerprint density at radius 3 is 2.55 bits per heavy atom. The van der Waals surface area contributed by atoms with Crippen LogP contribution in [0, 0.1) is 25.5 Å². The third-order valence-electron chi connectivity index (χ3n) is 3.40. The maximum atomic E-state index is 14.0. The topological polar surface area (TPSA) is 26.0 Å². The van der Waals surface area contributed by atoms with Crippen molar-refractivity contribution in [3.63, 3.8) is 0 Å². The van der Waals surface area contributed by atoms with E-state index in [-0.39, 0.29) is 16.5 Å². The van der Waals surface area contributed by atoms with Crippen LogP contribution in [0.25, 0.3) is 0 Å². The Morgan fingerprint density at radius 2 is 1.85 bits per heavy atom. The standard InChI is InChI=1S/C16H16BrF2N/c1-9-3-4-10(2)11(7-9)15(20)8-12-14(18)6-5-13(17)16(12)19/h3-7,15H,8,20H2,1-2H3. The van der Waals surface area contributed by atoms with Crippen LogP contribution in [0.4, 0.5) is 8.78 Å². The first-order valence-corrected chi connectivity index (χ1v) is 7.14. The molecule has 106 valence electrons. The van der Waals surface area contributed by atoms with Crippen molar-refractivity contribution in [3.05, 3.63) is 68.7 Å². The molecule has 0 amide bonds. The predicted octanol–water partition coefficient (Wildman–Crippen LogP) is 4.59. The number of hydrogen-bond acceptors (Lipinski definition) is 1. The monoisotopic (exact) mass is 339 g/mol. The summed E-state index contributed by atoms with van der Waals surface area (Å²) in [5.41, 5.74) is 9.18. The van der Waals surface area contributed by atoms with Gasteiger partial charge in [-0.15, -0.1) is 0 Å². The first kappa shape index (κ1) is 15.1. The highest BCUT2D eigenvalue weighted by Crippen LogP contribution is 2.27. The van der Waals surface area contributed by atoms with E-state index in [0.717, 1.165) is 16.7 Å². The molecular weight excluding hydrogens is 324 g/mol. The van der Waals surface area contributed by atoms with Gasteiger partial charge in [-0.05, 0) is 59.5 Å². The lowest BCUT2D eigenvalue weighted by atomic mass is 9.94. The molecular formula is C16H16BrF2N. The summed E-state index contributed by atoms with van der Waals surface area (Å²) in [5.74, 6) is -1.14. The average molecular weight is 340 g/mol. The van der Waals surface area contributed by atoms with Gasteiger partial charge >= 0.3 is 0 Å². The quantitative estimate of drug-likeness (QED) is 0.813. The first-order valence-electron chi connectivity index (χ1n) is 6.35. The van der Waals surface area contributed by atoms with Gasteiger partial charge in [-0.3, -0.25) is 0 Å². The normalized spacial score (nSPS) is 12.5. The van der Waals surface area contributed by atoms with E-state index in [1.165, 1.54) is 12.1 Å². The molecule has 0 radical (unpaired) electrons. The molecule has 0 aromatic heterocycles. The van der Waals surface area contributed by atoms with Gasteiger partial charge < -0.3 is 5.73 Å². The zero-order chi connectivity index (χ0) is 14.9. The number of nitrogens with two attached hydrogens (primary N) is 1. The fraction of sp³-hybridized carbons (Fsp3) is 0.250. The smallest absolute Gasteiger partial charge is 0.143 e. The van der Waals surface area contributed by atoms with E-state index in [1.807, 2.05) is 32.0 Å². The van der Waals surface area contributed by atoms with E-state index in [2.05, 4.69) is 15.9 Å². The molecule has 2 rings (SSSR count).